The van der Waals surface area contributed by atoms with E-state index in [0.29, 0.717) is 37.3 Å². The van der Waals surface area contributed by atoms with Crippen LogP contribution in [0.15, 0.2) is 48.5 Å². The number of amides is 4. The van der Waals surface area contributed by atoms with Crippen LogP contribution in [0.5, 0.6) is 0 Å². The zero-order valence-corrected chi connectivity index (χ0v) is 24.8. The normalized spacial score (nSPS) is 20.9. The highest BCUT2D eigenvalue weighted by molar-refractivity contribution is 5.97. The highest BCUT2D eigenvalue weighted by Crippen LogP contribution is 2.27. The molecule has 4 amide bonds. The highest BCUT2D eigenvalue weighted by atomic mass is 19.1. The summed E-state index contributed by atoms with van der Waals surface area (Å²) in [6.07, 6.45) is 2.47. The van der Waals surface area contributed by atoms with Gasteiger partial charge in [-0.15, -0.1) is 0 Å². The Morgan fingerprint density at radius 1 is 0.976 bits per heavy atom. The Kier molecular flexibility index (Phi) is 9.85. The first-order valence-electron chi connectivity index (χ1n) is 14.6. The molecule has 226 valence electrons. The van der Waals surface area contributed by atoms with Crippen molar-refractivity contribution < 1.29 is 28.3 Å². The number of halogens is 1. The molecule has 10 heteroatoms. The molecule has 4 rings (SSSR count). The fourth-order valence-corrected chi connectivity index (χ4v) is 5.66. The zero-order valence-electron chi connectivity index (χ0n) is 24.8. The minimum atomic E-state index is -0.681. The molecule has 2 fully saturated rings. The molecule has 2 saturated heterocycles. The van der Waals surface area contributed by atoms with Crippen molar-refractivity contribution in [1.82, 2.24) is 15.1 Å². The van der Waals surface area contributed by atoms with Crippen LogP contribution in [0, 0.1) is 17.7 Å². The van der Waals surface area contributed by atoms with Gasteiger partial charge in [0.25, 0.3) is 0 Å². The van der Waals surface area contributed by atoms with Gasteiger partial charge in [-0.25, -0.2) is 14.0 Å². The number of hydrogen-bond donors (Lipinski definition) is 2. The number of nitrogens with one attached hydrogen (secondary N) is 2. The lowest BCUT2D eigenvalue weighted by Crippen LogP contribution is -2.59. The largest absolute Gasteiger partial charge is 0.444 e. The van der Waals surface area contributed by atoms with Gasteiger partial charge >= 0.3 is 12.1 Å². The average molecular weight is 581 g/mol. The summed E-state index contributed by atoms with van der Waals surface area (Å²) < 4.78 is 18.9. The molecule has 0 bridgehead atoms. The number of Topliss-reactive ketones (excluding diaryl/α,β-unsaturated/α-hetero) is 1. The van der Waals surface area contributed by atoms with E-state index in [0.717, 1.165) is 24.8 Å². The number of rotatable bonds is 6. The van der Waals surface area contributed by atoms with Gasteiger partial charge in [0, 0.05) is 37.4 Å². The standard InChI is InChI=1S/C32H41FN4O5/c1-21(38)24-8-5-9-26(18-24)34-30(40)35-28-20-37(31(41)42-32(2,3)4)16-14-27(28)29(39)36-15-6-7-23(19-36)17-22-10-12-25(33)13-11-22/h5,8-13,18,23,27-28H,6-7,14-17,19-20H2,1-4H3,(H2,34,35,40)/t23?,27-,28-/m0/s1. The number of piperidine rings is 2. The predicted octanol–water partition coefficient (Wildman–Crippen LogP) is 5.26. The van der Waals surface area contributed by atoms with Crippen LogP contribution < -0.4 is 10.6 Å². The van der Waals surface area contributed by atoms with Gasteiger partial charge in [-0.05, 0) is 89.1 Å². The molecular formula is C32H41FN4O5. The van der Waals surface area contributed by atoms with E-state index in [1.807, 2.05) is 4.90 Å². The molecule has 0 saturated carbocycles. The first-order valence-corrected chi connectivity index (χ1v) is 14.6. The summed E-state index contributed by atoms with van der Waals surface area (Å²) >= 11 is 0. The number of anilines is 1. The molecule has 9 nitrogen and oxygen atoms in total. The minimum absolute atomic E-state index is 0.0495. The van der Waals surface area contributed by atoms with Crippen LogP contribution in [0.1, 0.15) is 62.9 Å². The smallest absolute Gasteiger partial charge is 0.410 e. The Morgan fingerprint density at radius 2 is 1.71 bits per heavy atom. The molecule has 1 unspecified atom stereocenters. The summed E-state index contributed by atoms with van der Waals surface area (Å²) in [6, 6.07) is 11.9. The third kappa shape index (κ3) is 8.53. The number of ether oxygens (including phenoxy) is 1. The van der Waals surface area contributed by atoms with Crippen LogP contribution >= 0.6 is 0 Å². The van der Waals surface area contributed by atoms with Gasteiger partial charge in [-0.1, -0.05) is 24.3 Å². The van der Waals surface area contributed by atoms with E-state index in [2.05, 4.69) is 10.6 Å². The van der Waals surface area contributed by atoms with E-state index < -0.39 is 29.7 Å². The molecular weight excluding hydrogens is 539 g/mol. The number of likely N-dealkylation sites (tertiary alicyclic amines) is 2. The summed E-state index contributed by atoms with van der Waals surface area (Å²) in [4.78, 5) is 55.1. The monoisotopic (exact) mass is 580 g/mol. The maximum Gasteiger partial charge on any atom is 0.410 e. The third-order valence-corrected chi connectivity index (χ3v) is 7.69. The lowest BCUT2D eigenvalue weighted by molar-refractivity contribution is -0.139. The summed E-state index contributed by atoms with van der Waals surface area (Å²) in [5.74, 6) is -0.720. The molecule has 0 aliphatic carbocycles. The number of urea groups is 1. The second kappa shape index (κ2) is 13.4. The van der Waals surface area contributed by atoms with Crippen molar-refractivity contribution in [3.63, 3.8) is 0 Å². The maximum absolute atomic E-state index is 13.9. The number of ketones is 1. The molecule has 0 aromatic heterocycles. The fourth-order valence-electron chi connectivity index (χ4n) is 5.66. The van der Waals surface area contributed by atoms with Gasteiger partial charge in [-0.3, -0.25) is 9.59 Å². The second-order valence-electron chi connectivity index (χ2n) is 12.3. The number of nitrogens with zero attached hydrogens (tertiary/aromatic N) is 2. The SMILES string of the molecule is CC(=O)c1cccc(NC(=O)N[C@H]2CN(C(=O)OC(C)(C)C)CC[C@@H]2C(=O)N2CCCC(Cc3ccc(F)cc3)C2)c1. The van der Waals surface area contributed by atoms with Crippen molar-refractivity contribution in [3.05, 3.63) is 65.5 Å². The lowest BCUT2D eigenvalue weighted by Gasteiger charge is -2.42. The van der Waals surface area contributed by atoms with Gasteiger partial charge in [0.05, 0.1) is 12.0 Å². The molecule has 2 aliphatic rings. The van der Waals surface area contributed by atoms with Crippen LogP contribution in [0.3, 0.4) is 0 Å². The van der Waals surface area contributed by atoms with Crippen molar-refractivity contribution in [1.29, 1.82) is 0 Å². The van der Waals surface area contributed by atoms with Gasteiger partial charge in [0.2, 0.25) is 5.91 Å². The van der Waals surface area contributed by atoms with E-state index in [1.54, 1.807) is 57.2 Å². The minimum Gasteiger partial charge on any atom is -0.444 e. The predicted molar refractivity (Wildman–Crippen MR) is 158 cm³/mol. The van der Waals surface area contributed by atoms with Crippen LogP contribution in [0.2, 0.25) is 0 Å². The maximum atomic E-state index is 13.9. The molecule has 2 N–H and O–H groups in total. The van der Waals surface area contributed by atoms with Gasteiger partial charge in [-0.2, -0.15) is 0 Å². The topological polar surface area (TPSA) is 108 Å². The zero-order chi connectivity index (χ0) is 30.4. The Balaban J connectivity index is 1.46. The summed E-state index contributed by atoms with van der Waals surface area (Å²) in [7, 11) is 0. The molecule has 2 heterocycles. The van der Waals surface area contributed by atoms with E-state index in [-0.39, 0.29) is 30.0 Å². The number of hydrogen-bond acceptors (Lipinski definition) is 5. The molecule has 2 aromatic carbocycles. The molecule has 2 aromatic rings. The van der Waals surface area contributed by atoms with Crippen molar-refractivity contribution in [2.75, 3.05) is 31.5 Å². The second-order valence-corrected chi connectivity index (χ2v) is 12.3. The van der Waals surface area contributed by atoms with Gasteiger partial charge < -0.3 is 25.2 Å². The van der Waals surface area contributed by atoms with E-state index in [1.165, 1.54) is 24.0 Å². The van der Waals surface area contributed by atoms with E-state index in [9.17, 15) is 23.6 Å². The van der Waals surface area contributed by atoms with Gasteiger partial charge in [0.1, 0.15) is 11.4 Å². The van der Waals surface area contributed by atoms with E-state index >= 15 is 0 Å². The summed E-state index contributed by atoms with van der Waals surface area (Å²) in [6.45, 7) is 8.49. The van der Waals surface area contributed by atoms with Crippen molar-refractivity contribution in [3.8, 4) is 0 Å². The Hall–Kier alpha value is -3.95. The molecule has 42 heavy (non-hydrogen) atoms. The molecule has 2 aliphatic heterocycles. The number of benzene rings is 2. The Bertz CT molecular complexity index is 1290. The highest BCUT2D eigenvalue weighted by Gasteiger charge is 2.40. The van der Waals surface area contributed by atoms with Crippen LogP contribution in [-0.2, 0) is 16.0 Å². The summed E-state index contributed by atoms with van der Waals surface area (Å²) in [5, 5.41) is 5.68. The molecule has 0 radical (unpaired) electrons. The quantitative estimate of drug-likeness (QED) is 0.454. The van der Waals surface area contributed by atoms with Crippen LogP contribution in [0.25, 0.3) is 0 Å². The molecule has 0 spiro atoms. The summed E-state index contributed by atoms with van der Waals surface area (Å²) in [5.41, 5.74) is 1.27. The van der Waals surface area contributed by atoms with Crippen molar-refractivity contribution in [2.24, 2.45) is 11.8 Å². The lowest BCUT2D eigenvalue weighted by atomic mass is 9.87. The number of carbonyl (C=O) groups excluding carboxylic acids is 4. The number of carbonyl (C=O) groups is 4. The van der Waals surface area contributed by atoms with Gasteiger partial charge in [0.15, 0.2) is 5.78 Å². The Labute approximate surface area is 246 Å². The third-order valence-electron chi connectivity index (χ3n) is 7.69. The first-order chi connectivity index (χ1) is 19.9. The van der Waals surface area contributed by atoms with Crippen molar-refractivity contribution >= 4 is 29.5 Å². The molecule has 3 atom stereocenters. The van der Waals surface area contributed by atoms with Crippen molar-refractivity contribution in [2.45, 2.75) is 65.0 Å². The Morgan fingerprint density at radius 3 is 2.40 bits per heavy atom. The average Bonchev–Trinajstić information content (AvgIpc) is 2.93. The first kappa shape index (κ1) is 31.0. The van der Waals surface area contributed by atoms with E-state index in [4.69, 9.17) is 4.74 Å². The fraction of sp³-hybridized carbons (Fsp3) is 0.500. The van der Waals surface area contributed by atoms with Crippen LogP contribution in [0.4, 0.5) is 19.7 Å². The van der Waals surface area contributed by atoms with Crippen LogP contribution in [-0.4, -0.2) is 71.4 Å².